The van der Waals surface area contributed by atoms with Crippen LogP contribution in [-0.2, 0) is 0 Å². The minimum Gasteiger partial charge on any atom is -0.374 e. The molecule has 0 aliphatic carbocycles. The van der Waals surface area contributed by atoms with Gasteiger partial charge in [0.2, 0.25) is 0 Å². The second kappa shape index (κ2) is 9.97. The normalized spacial score (nSPS) is 12.9. The third-order valence-electron chi connectivity index (χ3n) is 4.87. The van der Waals surface area contributed by atoms with Gasteiger partial charge in [-0.3, -0.25) is 5.32 Å². The van der Waals surface area contributed by atoms with E-state index in [2.05, 4.69) is 31.6 Å². The molecular formula is C22H22ClFN6OS. The topological polar surface area (TPSA) is 73.4 Å². The number of carbonyl (C=O) groups is 1. The van der Waals surface area contributed by atoms with Crippen molar-refractivity contribution in [2.45, 2.75) is 6.42 Å². The lowest BCUT2D eigenvalue weighted by Crippen LogP contribution is -2.31. The van der Waals surface area contributed by atoms with Crippen LogP contribution in [0.1, 0.15) is 6.42 Å². The number of nitrogens with one attached hydrogen (secondary N) is 2. The van der Waals surface area contributed by atoms with Gasteiger partial charge < -0.3 is 15.1 Å². The number of pyridine rings is 1. The molecule has 2 aromatic heterocycles. The van der Waals surface area contributed by atoms with Gasteiger partial charge in [0.15, 0.2) is 5.13 Å². The standard InChI is InChI=1S/C22H22ClFN6OS/c1-29(18-8-6-15(23)14-16(18)24)19-9-7-17-20(27-19)32-22(26-17)28-21(31)25-10-5-13-30-11-3-2-4-12-30/h2-4,6-9,11,14H,5,10,12-13H2,1H3,(H2,25,26,28,31). The van der Waals surface area contributed by atoms with Crippen molar-refractivity contribution in [3.8, 4) is 0 Å². The second-order valence-electron chi connectivity index (χ2n) is 7.17. The van der Waals surface area contributed by atoms with Crippen LogP contribution in [0.4, 0.5) is 25.8 Å². The van der Waals surface area contributed by atoms with Crippen molar-refractivity contribution in [1.82, 2.24) is 20.2 Å². The lowest BCUT2D eigenvalue weighted by molar-refractivity contribution is 0.251. The van der Waals surface area contributed by atoms with Gasteiger partial charge in [0, 0.05) is 31.7 Å². The van der Waals surface area contributed by atoms with E-state index in [0.717, 1.165) is 19.5 Å². The molecule has 10 heteroatoms. The number of amides is 2. The molecule has 0 atom stereocenters. The number of halogens is 2. The maximum atomic E-state index is 14.3. The van der Waals surface area contributed by atoms with Gasteiger partial charge in [0.05, 0.1) is 5.69 Å². The van der Waals surface area contributed by atoms with Gasteiger partial charge in [-0.25, -0.2) is 19.2 Å². The van der Waals surface area contributed by atoms with Crippen LogP contribution < -0.4 is 15.5 Å². The fourth-order valence-electron chi connectivity index (χ4n) is 3.22. The Labute approximate surface area is 194 Å². The number of fused-ring (bicyclic) bond motifs is 1. The van der Waals surface area contributed by atoms with Crippen molar-refractivity contribution in [1.29, 1.82) is 0 Å². The molecule has 0 radical (unpaired) electrons. The first-order valence-corrected chi connectivity index (χ1v) is 11.3. The highest BCUT2D eigenvalue weighted by molar-refractivity contribution is 7.22. The van der Waals surface area contributed by atoms with E-state index in [0.29, 0.717) is 38.6 Å². The number of aromatic nitrogens is 2. The predicted octanol–water partition coefficient (Wildman–Crippen LogP) is 5.15. The van der Waals surface area contributed by atoms with E-state index in [1.54, 1.807) is 36.2 Å². The minimum atomic E-state index is -0.432. The monoisotopic (exact) mass is 472 g/mol. The zero-order chi connectivity index (χ0) is 22.5. The summed E-state index contributed by atoms with van der Waals surface area (Å²) in [4.78, 5) is 25.6. The summed E-state index contributed by atoms with van der Waals surface area (Å²) in [6.07, 6.45) is 8.99. The van der Waals surface area contributed by atoms with Gasteiger partial charge in [-0.2, -0.15) is 0 Å². The molecular weight excluding hydrogens is 451 g/mol. The van der Waals surface area contributed by atoms with E-state index in [4.69, 9.17) is 11.6 Å². The van der Waals surface area contributed by atoms with Gasteiger partial charge in [0.25, 0.3) is 0 Å². The zero-order valence-corrected chi connectivity index (χ0v) is 19.0. The van der Waals surface area contributed by atoms with E-state index >= 15 is 0 Å². The summed E-state index contributed by atoms with van der Waals surface area (Å²) in [6.45, 7) is 2.32. The maximum Gasteiger partial charge on any atom is 0.321 e. The Bertz CT molecular complexity index is 1180. The third kappa shape index (κ3) is 5.35. The number of nitrogens with zero attached hydrogens (tertiary/aromatic N) is 4. The number of rotatable bonds is 7. The second-order valence-corrected chi connectivity index (χ2v) is 8.58. The van der Waals surface area contributed by atoms with Crippen LogP contribution in [0.25, 0.3) is 10.3 Å². The summed E-state index contributed by atoms with van der Waals surface area (Å²) in [7, 11) is 1.73. The van der Waals surface area contributed by atoms with Crippen molar-refractivity contribution in [3.63, 3.8) is 0 Å². The predicted molar refractivity (Wildman–Crippen MR) is 128 cm³/mol. The molecule has 0 unspecified atom stereocenters. The van der Waals surface area contributed by atoms with Crippen LogP contribution in [0.5, 0.6) is 0 Å². The molecule has 0 saturated carbocycles. The number of benzene rings is 1. The fourth-order valence-corrected chi connectivity index (χ4v) is 4.21. The summed E-state index contributed by atoms with van der Waals surface area (Å²) in [5.41, 5.74) is 1.02. The van der Waals surface area contributed by atoms with Crippen LogP contribution in [0.3, 0.4) is 0 Å². The molecule has 0 saturated heterocycles. The van der Waals surface area contributed by atoms with Crippen LogP contribution >= 0.6 is 22.9 Å². The molecule has 4 rings (SSSR count). The quantitative estimate of drug-likeness (QED) is 0.465. The number of carbonyl (C=O) groups excluding carboxylic acids is 1. The molecule has 1 aliphatic heterocycles. The van der Waals surface area contributed by atoms with Crippen LogP contribution in [0.15, 0.2) is 54.8 Å². The maximum absolute atomic E-state index is 14.3. The SMILES string of the molecule is CN(c1ccc2nc(NC(=O)NCCCN3C=CC=CC3)sc2n1)c1ccc(Cl)cc1F. The summed E-state index contributed by atoms with van der Waals surface area (Å²) >= 11 is 7.10. The highest BCUT2D eigenvalue weighted by Crippen LogP contribution is 2.30. The molecule has 1 aromatic carbocycles. The molecule has 1 aliphatic rings. The number of hydrogen-bond acceptors (Lipinski definition) is 6. The third-order valence-corrected chi connectivity index (χ3v) is 5.98. The van der Waals surface area contributed by atoms with E-state index < -0.39 is 5.82 Å². The molecule has 0 bridgehead atoms. The summed E-state index contributed by atoms with van der Waals surface area (Å²) in [5, 5.41) is 6.38. The van der Waals surface area contributed by atoms with Crippen molar-refractivity contribution in [2.24, 2.45) is 0 Å². The fraction of sp³-hybridized carbons (Fsp3) is 0.227. The molecule has 3 heterocycles. The average Bonchev–Trinajstić information content (AvgIpc) is 3.18. The minimum absolute atomic E-state index is 0.307. The van der Waals surface area contributed by atoms with Gasteiger partial charge in [-0.05, 0) is 49.0 Å². The number of allylic oxidation sites excluding steroid dienone is 2. The Morgan fingerprint density at radius 3 is 2.94 bits per heavy atom. The van der Waals surface area contributed by atoms with E-state index in [1.165, 1.54) is 17.4 Å². The average molecular weight is 473 g/mol. The van der Waals surface area contributed by atoms with Crippen molar-refractivity contribution >= 4 is 56.0 Å². The lowest BCUT2D eigenvalue weighted by Gasteiger charge is -2.20. The molecule has 2 amide bonds. The zero-order valence-electron chi connectivity index (χ0n) is 17.4. The Kier molecular flexibility index (Phi) is 6.87. The summed E-state index contributed by atoms with van der Waals surface area (Å²) in [5.74, 6) is 0.123. The highest BCUT2D eigenvalue weighted by Gasteiger charge is 2.14. The highest BCUT2D eigenvalue weighted by atomic mass is 35.5. The lowest BCUT2D eigenvalue weighted by atomic mass is 10.2. The first-order valence-electron chi connectivity index (χ1n) is 10.1. The van der Waals surface area contributed by atoms with Gasteiger partial charge in [-0.1, -0.05) is 35.1 Å². The molecule has 32 heavy (non-hydrogen) atoms. The van der Waals surface area contributed by atoms with Crippen molar-refractivity contribution in [3.05, 3.63) is 65.6 Å². The molecule has 0 spiro atoms. The Balaban J connectivity index is 1.34. The van der Waals surface area contributed by atoms with E-state index in [1.807, 2.05) is 18.4 Å². The Morgan fingerprint density at radius 2 is 2.16 bits per heavy atom. The molecule has 166 valence electrons. The Morgan fingerprint density at radius 1 is 1.28 bits per heavy atom. The van der Waals surface area contributed by atoms with Gasteiger partial charge in [0.1, 0.15) is 22.0 Å². The molecule has 3 aromatic rings. The van der Waals surface area contributed by atoms with Gasteiger partial charge >= 0.3 is 6.03 Å². The number of hydrogen-bond donors (Lipinski definition) is 2. The first-order chi connectivity index (χ1) is 15.5. The van der Waals surface area contributed by atoms with Crippen molar-refractivity contribution in [2.75, 3.05) is 36.9 Å². The molecule has 0 fully saturated rings. The van der Waals surface area contributed by atoms with E-state index in [9.17, 15) is 9.18 Å². The van der Waals surface area contributed by atoms with Gasteiger partial charge in [-0.15, -0.1) is 0 Å². The van der Waals surface area contributed by atoms with Crippen LogP contribution in [-0.4, -0.2) is 47.6 Å². The first kappa shape index (κ1) is 22.0. The van der Waals surface area contributed by atoms with Crippen molar-refractivity contribution < 1.29 is 9.18 Å². The molecule has 7 nitrogen and oxygen atoms in total. The van der Waals surface area contributed by atoms with Crippen LogP contribution in [0.2, 0.25) is 5.02 Å². The number of anilines is 3. The largest absolute Gasteiger partial charge is 0.374 e. The molecule has 2 N–H and O–H groups in total. The summed E-state index contributed by atoms with van der Waals surface area (Å²) in [6, 6.07) is 7.74. The number of thiazole rings is 1. The van der Waals surface area contributed by atoms with Crippen LogP contribution in [0, 0.1) is 5.82 Å². The smallest absolute Gasteiger partial charge is 0.321 e. The summed E-state index contributed by atoms with van der Waals surface area (Å²) < 4.78 is 14.3. The number of urea groups is 1. The van der Waals surface area contributed by atoms with E-state index in [-0.39, 0.29) is 6.03 Å². The Hall–Kier alpha value is -3.17.